The van der Waals surface area contributed by atoms with E-state index >= 15 is 0 Å². The zero-order chi connectivity index (χ0) is 13.0. The minimum atomic E-state index is -2.91. The van der Waals surface area contributed by atoms with Crippen LogP contribution in [-0.4, -0.2) is 26.5 Å². The third-order valence-electron chi connectivity index (χ3n) is 2.96. The van der Waals surface area contributed by atoms with E-state index in [0.717, 1.165) is 16.5 Å². The predicted octanol–water partition coefficient (Wildman–Crippen LogP) is 2.69. The van der Waals surface area contributed by atoms with E-state index in [1.807, 2.05) is 42.5 Å². The van der Waals surface area contributed by atoms with Gasteiger partial charge in [0.05, 0.1) is 5.75 Å². The predicted molar refractivity (Wildman–Crippen MR) is 76.8 cm³/mol. The van der Waals surface area contributed by atoms with Gasteiger partial charge in [0.2, 0.25) is 0 Å². The number of fused-ring (bicyclic) bond motifs is 1. The molecule has 0 saturated heterocycles. The molecule has 0 spiro atoms. The van der Waals surface area contributed by atoms with Gasteiger partial charge >= 0.3 is 0 Å². The molecule has 96 valence electrons. The standard InChI is InChI=1S/C14H17NO2S/c1-2-18(16,17)11-10-15-14-9-5-7-12-6-3-4-8-13(12)14/h3-9,15H,2,10-11H2,1H3. The first kappa shape index (κ1) is 12.9. The van der Waals surface area contributed by atoms with Crippen molar-refractivity contribution >= 4 is 26.3 Å². The quantitative estimate of drug-likeness (QED) is 0.902. The Morgan fingerprint density at radius 1 is 1.06 bits per heavy atom. The molecular weight excluding hydrogens is 246 g/mol. The maximum atomic E-state index is 11.4. The summed E-state index contributed by atoms with van der Waals surface area (Å²) in [5.74, 6) is 0.372. The van der Waals surface area contributed by atoms with Crippen molar-refractivity contribution in [3.8, 4) is 0 Å². The first-order valence-corrected chi connectivity index (χ1v) is 7.86. The molecule has 0 heterocycles. The van der Waals surface area contributed by atoms with Crippen LogP contribution in [0, 0.1) is 0 Å². The summed E-state index contributed by atoms with van der Waals surface area (Å²) in [4.78, 5) is 0. The summed E-state index contributed by atoms with van der Waals surface area (Å²) in [7, 11) is -2.91. The SMILES string of the molecule is CCS(=O)(=O)CCNc1cccc2ccccc12. The molecule has 0 amide bonds. The van der Waals surface area contributed by atoms with Crippen molar-refractivity contribution in [2.24, 2.45) is 0 Å². The second-order valence-electron chi connectivity index (χ2n) is 4.19. The average molecular weight is 263 g/mol. The van der Waals surface area contributed by atoms with Crippen LogP contribution < -0.4 is 5.32 Å². The van der Waals surface area contributed by atoms with Gasteiger partial charge in [-0.3, -0.25) is 0 Å². The molecule has 1 N–H and O–H groups in total. The first-order chi connectivity index (χ1) is 8.62. The van der Waals surface area contributed by atoms with E-state index in [9.17, 15) is 8.42 Å². The molecule has 0 aliphatic carbocycles. The first-order valence-electron chi connectivity index (χ1n) is 6.04. The van der Waals surface area contributed by atoms with Crippen LogP contribution in [0.5, 0.6) is 0 Å². The fraction of sp³-hybridized carbons (Fsp3) is 0.286. The van der Waals surface area contributed by atoms with Crippen molar-refractivity contribution in [2.45, 2.75) is 6.92 Å². The molecule has 0 aliphatic rings. The fourth-order valence-electron chi connectivity index (χ4n) is 1.87. The van der Waals surface area contributed by atoms with Gasteiger partial charge in [0.1, 0.15) is 0 Å². The van der Waals surface area contributed by atoms with E-state index in [2.05, 4.69) is 5.32 Å². The molecule has 0 saturated carbocycles. The van der Waals surface area contributed by atoms with Crippen LogP contribution in [0.3, 0.4) is 0 Å². The summed E-state index contributed by atoms with van der Waals surface area (Å²) in [6, 6.07) is 14.0. The van der Waals surface area contributed by atoms with Crippen LogP contribution in [0.25, 0.3) is 10.8 Å². The second-order valence-corrected chi connectivity index (χ2v) is 6.66. The molecule has 2 rings (SSSR count). The van der Waals surface area contributed by atoms with Crippen molar-refractivity contribution in [2.75, 3.05) is 23.4 Å². The molecule has 0 aromatic heterocycles. The second kappa shape index (κ2) is 5.40. The third kappa shape index (κ3) is 3.01. The van der Waals surface area contributed by atoms with Crippen LogP contribution in [-0.2, 0) is 9.84 Å². The van der Waals surface area contributed by atoms with Crippen LogP contribution in [0.15, 0.2) is 42.5 Å². The number of anilines is 1. The zero-order valence-corrected chi connectivity index (χ0v) is 11.2. The van der Waals surface area contributed by atoms with Crippen LogP contribution in [0.4, 0.5) is 5.69 Å². The molecule has 0 radical (unpaired) electrons. The molecule has 3 nitrogen and oxygen atoms in total. The van der Waals surface area contributed by atoms with Crippen molar-refractivity contribution in [1.82, 2.24) is 0 Å². The highest BCUT2D eigenvalue weighted by atomic mass is 32.2. The molecule has 0 bridgehead atoms. The zero-order valence-electron chi connectivity index (χ0n) is 10.4. The maximum absolute atomic E-state index is 11.4. The molecule has 2 aromatic carbocycles. The Hall–Kier alpha value is -1.55. The van der Waals surface area contributed by atoms with Crippen LogP contribution >= 0.6 is 0 Å². The van der Waals surface area contributed by atoms with Crippen molar-refractivity contribution < 1.29 is 8.42 Å². The minimum Gasteiger partial charge on any atom is -0.384 e. The summed E-state index contributed by atoms with van der Waals surface area (Å²) >= 11 is 0. The number of sulfone groups is 1. The molecule has 0 fully saturated rings. The summed E-state index contributed by atoms with van der Waals surface area (Å²) < 4.78 is 22.8. The van der Waals surface area contributed by atoms with E-state index in [0.29, 0.717) is 6.54 Å². The number of rotatable bonds is 5. The Labute approximate surface area is 108 Å². The third-order valence-corrected chi connectivity index (χ3v) is 4.66. The van der Waals surface area contributed by atoms with E-state index in [1.54, 1.807) is 6.92 Å². The van der Waals surface area contributed by atoms with Gasteiger partial charge in [-0.05, 0) is 11.5 Å². The minimum absolute atomic E-state index is 0.173. The Bertz CT molecular complexity index is 630. The summed E-state index contributed by atoms with van der Waals surface area (Å²) in [6.07, 6.45) is 0. The molecule has 0 unspecified atom stereocenters. The van der Waals surface area contributed by atoms with Crippen LogP contribution in [0.1, 0.15) is 6.92 Å². The van der Waals surface area contributed by atoms with Gasteiger partial charge in [0, 0.05) is 23.4 Å². The highest BCUT2D eigenvalue weighted by Gasteiger charge is 2.07. The van der Waals surface area contributed by atoms with E-state index in [-0.39, 0.29) is 11.5 Å². The van der Waals surface area contributed by atoms with Gasteiger partial charge in [0.15, 0.2) is 9.84 Å². The topological polar surface area (TPSA) is 46.2 Å². The van der Waals surface area contributed by atoms with Gasteiger partial charge in [-0.2, -0.15) is 0 Å². The summed E-state index contributed by atoms with van der Waals surface area (Å²) in [6.45, 7) is 2.12. The van der Waals surface area contributed by atoms with Gasteiger partial charge < -0.3 is 5.32 Å². The van der Waals surface area contributed by atoms with Crippen molar-refractivity contribution in [1.29, 1.82) is 0 Å². The lowest BCUT2D eigenvalue weighted by Crippen LogP contribution is -2.17. The maximum Gasteiger partial charge on any atom is 0.151 e. The van der Waals surface area contributed by atoms with E-state index in [1.165, 1.54) is 0 Å². The number of benzene rings is 2. The molecule has 0 atom stereocenters. The normalized spacial score (nSPS) is 11.6. The van der Waals surface area contributed by atoms with E-state index in [4.69, 9.17) is 0 Å². The number of hydrogen-bond acceptors (Lipinski definition) is 3. The molecule has 2 aromatic rings. The van der Waals surface area contributed by atoms with Crippen LogP contribution in [0.2, 0.25) is 0 Å². The smallest absolute Gasteiger partial charge is 0.151 e. The van der Waals surface area contributed by atoms with Gasteiger partial charge in [0.25, 0.3) is 0 Å². The lowest BCUT2D eigenvalue weighted by Gasteiger charge is -2.09. The Kier molecular flexibility index (Phi) is 3.87. The molecule has 18 heavy (non-hydrogen) atoms. The lowest BCUT2D eigenvalue weighted by atomic mass is 10.1. The van der Waals surface area contributed by atoms with Gasteiger partial charge in [-0.1, -0.05) is 43.3 Å². The summed E-state index contributed by atoms with van der Waals surface area (Å²) in [5, 5.41) is 5.47. The van der Waals surface area contributed by atoms with Gasteiger partial charge in [-0.15, -0.1) is 0 Å². The fourth-order valence-corrected chi connectivity index (χ4v) is 2.57. The number of nitrogens with one attached hydrogen (secondary N) is 1. The average Bonchev–Trinajstić information content (AvgIpc) is 2.39. The van der Waals surface area contributed by atoms with Crippen molar-refractivity contribution in [3.63, 3.8) is 0 Å². The Balaban J connectivity index is 2.13. The van der Waals surface area contributed by atoms with E-state index < -0.39 is 9.84 Å². The van der Waals surface area contributed by atoms with Crippen molar-refractivity contribution in [3.05, 3.63) is 42.5 Å². The highest BCUT2D eigenvalue weighted by Crippen LogP contribution is 2.22. The molecule has 4 heteroatoms. The summed E-state index contributed by atoms with van der Waals surface area (Å²) in [5.41, 5.74) is 0.986. The molecule has 0 aliphatic heterocycles. The molecular formula is C14H17NO2S. The van der Waals surface area contributed by atoms with Gasteiger partial charge in [-0.25, -0.2) is 8.42 Å². The number of hydrogen-bond donors (Lipinski definition) is 1. The Morgan fingerprint density at radius 2 is 1.78 bits per heavy atom. The lowest BCUT2D eigenvalue weighted by molar-refractivity contribution is 0.597. The highest BCUT2D eigenvalue weighted by molar-refractivity contribution is 7.91. The Morgan fingerprint density at radius 3 is 2.56 bits per heavy atom. The largest absolute Gasteiger partial charge is 0.384 e. The monoisotopic (exact) mass is 263 g/mol.